The van der Waals surface area contributed by atoms with Crippen LogP contribution in [-0.2, 0) is 0 Å². The van der Waals surface area contributed by atoms with E-state index in [1.807, 2.05) is 79.0 Å². The lowest BCUT2D eigenvalue weighted by molar-refractivity contribution is 0.627. The highest BCUT2D eigenvalue weighted by Crippen LogP contribution is 2.27. The third-order valence-corrected chi connectivity index (χ3v) is 4.05. The molecule has 25 heavy (non-hydrogen) atoms. The van der Waals surface area contributed by atoms with Gasteiger partial charge in [-0.2, -0.15) is 5.10 Å². The van der Waals surface area contributed by atoms with Crippen molar-refractivity contribution < 1.29 is 4.42 Å². The molecule has 0 bridgehead atoms. The summed E-state index contributed by atoms with van der Waals surface area (Å²) in [4.78, 5) is 4.62. The average molecular weight is 326 g/mol. The zero-order valence-corrected chi connectivity index (χ0v) is 13.3. The van der Waals surface area contributed by atoms with Crippen LogP contribution in [0.4, 0.5) is 11.5 Å². The van der Waals surface area contributed by atoms with E-state index in [9.17, 15) is 0 Å². The SMILES string of the molecule is c1ccc(Nc2ccn3nc(-c4cc5ccccc5o4)cc3n2)cc1. The zero-order chi connectivity index (χ0) is 16.6. The lowest BCUT2D eigenvalue weighted by Gasteiger charge is -2.04. The van der Waals surface area contributed by atoms with Gasteiger partial charge in [-0.15, -0.1) is 0 Å². The number of anilines is 2. The maximum atomic E-state index is 5.89. The Morgan fingerprint density at radius 2 is 1.72 bits per heavy atom. The first-order valence-corrected chi connectivity index (χ1v) is 8.03. The molecule has 0 saturated heterocycles. The van der Waals surface area contributed by atoms with Gasteiger partial charge in [0, 0.05) is 23.3 Å². The molecule has 5 aromatic rings. The molecule has 0 aliphatic carbocycles. The third-order valence-electron chi connectivity index (χ3n) is 4.05. The maximum absolute atomic E-state index is 5.89. The molecule has 0 spiro atoms. The summed E-state index contributed by atoms with van der Waals surface area (Å²) >= 11 is 0. The molecular formula is C20H14N4O. The van der Waals surface area contributed by atoms with E-state index in [-0.39, 0.29) is 0 Å². The Morgan fingerprint density at radius 1 is 0.880 bits per heavy atom. The molecule has 0 atom stereocenters. The minimum atomic E-state index is 0.740. The summed E-state index contributed by atoms with van der Waals surface area (Å²) in [6.07, 6.45) is 1.89. The van der Waals surface area contributed by atoms with Crippen LogP contribution in [0.2, 0.25) is 0 Å². The number of nitrogens with one attached hydrogen (secondary N) is 1. The average Bonchev–Trinajstić information content (AvgIpc) is 3.26. The van der Waals surface area contributed by atoms with Crippen LogP contribution in [-0.4, -0.2) is 14.6 Å². The van der Waals surface area contributed by atoms with Crippen molar-refractivity contribution in [2.24, 2.45) is 0 Å². The summed E-state index contributed by atoms with van der Waals surface area (Å²) in [5.74, 6) is 1.51. The van der Waals surface area contributed by atoms with Gasteiger partial charge in [0.1, 0.15) is 17.1 Å². The molecule has 5 nitrogen and oxygen atoms in total. The standard InChI is InChI=1S/C20H14N4O/c1-2-7-15(8-3-1)21-19-10-11-24-20(22-19)13-16(23-24)18-12-14-6-4-5-9-17(14)25-18/h1-13H,(H,21,22). The van der Waals surface area contributed by atoms with Gasteiger partial charge in [-0.1, -0.05) is 36.4 Å². The van der Waals surface area contributed by atoms with Crippen molar-refractivity contribution in [1.82, 2.24) is 14.6 Å². The highest BCUT2D eigenvalue weighted by Gasteiger charge is 2.11. The van der Waals surface area contributed by atoms with Crippen LogP contribution >= 0.6 is 0 Å². The third kappa shape index (κ3) is 2.52. The number of aromatic nitrogens is 3. The molecule has 120 valence electrons. The molecule has 0 fully saturated rings. The summed E-state index contributed by atoms with van der Waals surface area (Å²) in [5, 5.41) is 8.91. The monoisotopic (exact) mass is 326 g/mol. The Bertz CT molecular complexity index is 1140. The molecular weight excluding hydrogens is 312 g/mol. The second-order valence-electron chi connectivity index (χ2n) is 5.78. The second kappa shape index (κ2) is 5.49. The van der Waals surface area contributed by atoms with E-state index in [0.717, 1.165) is 39.6 Å². The maximum Gasteiger partial charge on any atom is 0.158 e. The molecule has 0 radical (unpaired) electrons. The van der Waals surface area contributed by atoms with Crippen molar-refractivity contribution >= 4 is 28.1 Å². The van der Waals surface area contributed by atoms with E-state index >= 15 is 0 Å². The number of hydrogen-bond acceptors (Lipinski definition) is 4. The summed E-state index contributed by atoms with van der Waals surface area (Å²) in [6, 6.07) is 23.7. The zero-order valence-electron chi connectivity index (χ0n) is 13.3. The number of hydrogen-bond donors (Lipinski definition) is 1. The van der Waals surface area contributed by atoms with E-state index < -0.39 is 0 Å². The van der Waals surface area contributed by atoms with Crippen molar-refractivity contribution in [3.05, 3.63) is 79.0 Å². The Hall–Kier alpha value is -3.60. The lowest BCUT2D eigenvalue weighted by atomic mass is 10.2. The van der Waals surface area contributed by atoms with Crippen LogP contribution in [0.5, 0.6) is 0 Å². The van der Waals surface area contributed by atoms with Gasteiger partial charge in [-0.05, 0) is 30.3 Å². The lowest BCUT2D eigenvalue weighted by Crippen LogP contribution is -1.96. The van der Waals surface area contributed by atoms with Crippen molar-refractivity contribution in [3.8, 4) is 11.5 Å². The highest BCUT2D eigenvalue weighted by molar-refractivity contribution is 5.82. The summed E-state index contributed by atoms with van der Waals surface area (Å²) in [6.45, 7) is 0. The van der Waals surface area contributed by atoms with Crippen LogP contribution < -0.4 is 5.32 Å². The molecule has 0 unspecified atom stereocenters. The molecule has 3 aromatic heterocycles. The van der Waals surface area contributed by atoms with Crippen molar-refractivity contribution in [1.29, 1.82) is 0 Å². The molecule has 2 aromatic carbocycles. The van der Waals surface area contributed by atoms with Gasteiger partial charge in [-0.3, -0.25) is 0 Å². The van der Waals surface area contributed by atoms with Crippen molar-refractivity contribution in [2.45, 2.75) is 0 Å². The molecule has 5 rings (SSSR count). The summed E-state index contributed by atoms with van der Waals surface area (Å²) in [7, 11) is 0. The predicted octanol–water partition coefficient (Wildman–Crippen LogP) is 4.89. The second-order valence-corrected chi connectivity index (χ2v) is 5.78. The minimum Gasteiger partial charge on any atom is -0.454 e. The fourth-order valence-corrected chi connectivity index (χ4v) is 2.85. The van der Waals surface area contributed by atoms with Crippen LogP contribution in [0.3, 0.4) is 0 Å². The van der Waals surface area contributed by atoms with E-state index in [1.165, 1.54) is 0 Å². The van der Waals surface area contributed by atoms with E-state index in [1.54, 1.807) is 4.52 Å². The van der Waals surface area contributed by atoms with Crippen LogP contribution in [0.25, 0.3) is 28.1 Å². The molecule has 0 saturated carbocycles. The summed E-state index contributed by atoms with van der Waals surface area (Å²) < 4.78 is 7.64. The largest absolute Gasteiger partial charge is 0.454 e. The molecule has 1 N–H and O–H groups in total. The molecule has 5 heteroatoms. The molecule has 0 amide bonds. The first-order valence-electron chi connectivity index (χ1n) is 8.03. The fraction of sp³-hybridized carbons (Fsp3) is 0. The Morgan fingerprint density at radius 3 is 2.60 bits per heavy atom. The van der Waals surface area contributed by atoms with Gasteiger partial charge in [0.15, 0.2) is 11.4 Å². The van der Waals surface area contributed by atoms with Crippen LogP contribution in [0.15, 0.2) is 83.4 Å². The van der Waals surface area contributed by atoms with Gasteiger partial charge in [0.2, 0.25) is 0 Å². The first-order chi connectivity index (χ1) is 12.3. The number of rotatable bonds is 3. The molecule has 0 aliphatic heterocycles. The van der Waals surface area contributed by atoms with E-state index in [4.69, 9.17) is 4.42 Å². The first kappa shape index (κ1) is 13.8. The fourth-order valence-electron chi connectivity index (χ4n) is 2.85. The van der Waals surface area contributed by atoms with Gasteiger partial charge in [0.05, 0.1) is 0 Å². The number of para-hydroxylation sites is 2. The van der Waals surface area contributed by atoms with Crippen LogP contribution in [0, 0.1) is 0 Å². The minimum absolute atomic E-state index is 0.740. The number of fused-ring (bicyclic) bond motifs is 2. The number of furan rings is 1. The molecule has 3 heterocycles. The quantitative estimate of drug-likeness (QED) is 0.513. The normalized spacial score (nSPS) is 11.2. The van der Waals surface area contributed by atoms with Gasteiger partial charge < -0.3 is 9.73 Å². The Labute approximate surface area is 143 Å². The number of nitrogens with zero attached hydrogens (tertiary/aromatic N) is 3. The number of benzene rings is 2. The van der Waals surface area contributed by atoms with Gasteiger partial charge >= 0.3 is 0 Å². The van der Waals surface area contributed by atoms with Gasteiger partial charge in [0.25, 0.3) is 0 Å². The Balaban J connectivity index is 1.53. The highest BCUT2D eigenvalue weighted by atomic mass is 16.3. The van der Waals surface area contributed by atoms with E-state index in [0.29, 0.717) is 0 Å². The molecule has 0 aliphatic rings. The Kier molecular flexibility index (Phi) is 3.03. The van der Waals surface area contributed by atoms with Crippen molar-refractivity contribution in [3.63, 3.8) is 0 Å². The predicted molar refractivity (Wildman–Crippen MR) is 97.9 cm³/mol. The van der Waals surface area contributed by atoms with Crippen LogP contribution in [0.1, 0.15) is 0 Å². The van der Waals surface area contributed by atoms with Crippen molar-refractivity contribution in [2.75, 3.05) is 5.32 Å². The van der Waals surface area contributed by atoms with Gasteiger partial charge in [-0.25, -0.2) is 9.50 Å². The van der Waals surface area contributed by atoms with E-state index in [2.05, 4.69) is 15.4 Å². The smallest absolute Gasteiger partial charge is 0.158 e. The summed E-state index contributed by atoms with van der Waals surface area (Å²) in [5.41, 5.74) is 3.38. The topological polar surface area (TPSA) is 55.4 Å².